The number of nitrogens with one attached hydrogen (secondary N) is 1. The van der Waals surface area contributed by atoms with Crippen LogP contribution in [0.1, 0.15) is 32.8 Å². The summed E-state index contributed by atoms with van der Waals surface area (Å²) in [6.07, 6.45) is 1.08. The van der Waals surface area contributed by atoms with E-state index in [1.165, 1.54) is 6.07 Å². The van der Waals surface area contributed by atoms with Crippen LogP contribution in [0.2, 0.25) is 0 Å². The van der Waals surface area contributed by atoms with Crippen LogP contribution in [0.15, 0.2) is 18.2 Å². The van der Waals surface area contributed by atoms with E-state index in [0.29, 0.717) is 12.0 Å². The Bertz CT molecular complexity index is 320. The second kappa shape index (κ2) is 5.15. The molecule has 0 amide bonds. The van der Waals surface area contributed by atoms with Gasteiger partial charge in [-0.05, 0) is 43.0 Å². The molecule has 1 unspecified atom stereocenters. The number of halogens is 1. The van der Waals surface area contributed by atoms with Crippen molar-refractivity contribution in [3.05, 3.63) is 29.6 Å². The van der Waals surface area contributed by atoms with Crippen LogP contribution in [-0.4, -0.2) is 6.04 Å². The molecule has 0 aliphatic rings. The summed E-state index contributed by atoms with van der Waals surface area (Å²) in [6.45, 7) is 8.48. The van der Waals surface area contributed by atoms with Gasteiger partial charge in [0.05, 0.1) is 0 Å². The molecule has 1 aromatic rings. The Hall–Kier alpha value is -1.05. The Labute approximate surface area is 91.7 Å². The van der Waals surface area contributed by atoms with Gasteiger partial charge in [0.25, 0.3) is 0 Å². The van der Waals surface area contributed by atoms with Gasteiger partial charge < -0.3 is 5.32 Å². The molecule has 1 nitrogen and oxygen atoms in total. The molecule has 0 aliphatic heterocycles. The van der Waals surface area contributed by atoms with E-state index < -0.39 is 0 Å². The van der Waals surface area contributed by atoms with Crippen LogP contribution in [0, 0.1) is 18.7 Å². The highest BCUT2D eigenvalue weighted by atomic mass is 19.1. The molecule has 0 radical (unpaired) electrons. The standard InChI is InChI=1S/C13H20FN/c1-5-12(9(2)3)15-13-7-6-11(14)8-10(13)4/h6-9,12,15H,5H2,1-4H3. The van der Waals surface area contributed by atoms with Crippen LogP contribution < -0.4 is 5.32 Å². The maximum Gasteiger partial charge on any atom is 0.123 e. The van der Waals surface area contributed by atoms with Gasteiger partial charge in [0.2, 0.25) is 0 Å². The van der Waals surface area contributed by atoms with E-state index >= 15 is 0 Å². The molecule has 84 valence electrons. The van der Waals surface area contributed by atoms with Gasteiger partial charge in [-0.3, -0.25) is 0 Å². The van der Waals surface area contributed by atoms with Crippen molar-refractivity contribution in [2.24, 2.45) is 5.92 Å². The number of rotatable bonds is 4. The van der Waals surface area contributed by atoms with Gasteiger partial charge >= 0.3 is 0 Å². The van der Waals surface area contributed by atoms with Gasteiger partial charge in [0.1, 0.15) is 5.82 Å². The minimum Gasteiger partial charge on any atom is -0.382 e. The summed E-state index contributed by atoms with van der Waals surface area (Å²) in [5.41, 5.74) is 2.01. The lowest BCUT2D eigenvalue weighted by molar-refractivity contribution is 0.511. The topological polar surface area (TPSA) is 12.0 Å². The monoisotopic (exact) mass is 209 g/mol. The molecule has 0 spiro atoms. The van der Waals surface area contributed by atoms with Gasteiger partial charge in [-0.2, -0.15) is 0 Å². The van der Waals surface area contributed by atoms with Crippen molar-refractivity contribution >= 4 is 5.69 Å². The first kappa shape index (κ1) is 12.0. The fourth-order valence-electron chi connectivity index (χ4n) is 1.73. The summed E-state index contributed by atoms with van der Waals surface area (Å²) in [6, 6.07) is 5.34. The Morgan fingerprint density at radius 2 is 2.00 bits per heavy atom. The minimum atomic E-state index is -0.171. The second-order valence-electron chi connectivity index (χ2n) is 4.36. The molecular formula is C13H20FN. The summed E-state index contributed by atoms with van der Waals surface area (Å²) in [4.78, 5) is 0. The molecule has 0 saturated carbocycles. The number of hydrogen-bond donors (Lipinski definition) is 1. The first-order chi connectivity index (χ1) is 7.04. The van der Waals surface area contributed by atoms with E-state index in [1.54, 1.807) is 6.07 Å². The Balaban J connectivity index is 2.79. The number of anilines is 1. The average molecular weight is 209 g/mol. The molecule has 1 aromatic carbocycles. The van der Waals surface area contributed by atoms with Gasteiger partial charge in [-0.25, -0.2) is 4.39 Å². The molecule has 0 aliphatic carbocycles. The second-order valence-corrected chi connectivity index (χ2v) is 4.36. The maximum absolute atomic E-state index is 12.9. The summed E-state index contributed by atoms with van der Waals surface area (Å²) in [5.74, 6) is 0.412. The summed E-state index contributed by atoms with van der Waals surface area (Å²) >= 11 is 0. The predicted molar refractivity (Wildman–Crippen MR) is 63.7 cm³/mol. The smallest absolute Gasteiger partial charge is 0.123 e. The first-order valence-corrected chi connectivity index (χ1v) is 5.57. The zero-order chi connectivity index (χ0) is 11.4. The highest BCUT2D eigenvalue weighted by Crippen LogP contribution is 2.19. The van der Waals surface area contributed by atoms with Crippen molar-refractivity contribution in [3.8, 4) is 0 Å². The van der Waals surface area contributed by atoms with Crippen LogP contribution in [0.4, 0.5) is 10.1 Å². The zero-order valence-electron chi connectivity index (χ0n) is 9.97. The molecule has 0 heterocycles. The van der Waals surface area contributed by atoms with Crippen LogP contribution >= 0.6 is 0 Å². The van der Waals surface area contributed by atoms with Gasteiger partial charge in [-0.1, -0.05) is 20.8 Å². The van der Waals surface area contributed by atoms with Crippen molar-refractivity contribution in [2.75, 3.05) is 5.32 Å². The lowest BCUT2D eigenvalue weighted by Gasteiger charge is -2.23. The SMILES string of the molecule is CCC(Nc1ccc(F)cc1C)C(C)C. The molecule has 1 N–H and O–H groups in total. The van der Waals surface area contributed by atoms with E-state index in [0.717, 1.165) is 17.7 Å². The van der Waals surface area contributed by atoms with E-state index in [2.05, 4.69) is 26.1 Å². The van der Waals surface area contributed by atoms with Crippen molar-refractivity contribution in [2.45, 2.75) is 40.2 Å². The van der Waals surface area contributed by atoms with E-state index in [4.69, 9.17) is 0 Å². The average Bonchev–Trinajstić information content (AvgIpc) is 2.16. The maximum atomic E-state index is 12.9. The molecule has 1 rings (SSSR count). The number of aryl methyl sites for hydroxylation is 1. The lowest BCUT2D eigenvalue weighted by atomic mass is 10.0. The van der Waals surface area contributed by atoms with Crippen molar-refractivity contribution in [1.82, 2.24) is 0 Å². The van der Waals surface area contributed by atoms with E-state index in [-0.39, 0.29) is 5.82 Å². The minimum absolute atomic E-state index is 0.171. The fraction of sp³-hybridized carbons (Fsp3) is 0.538. The molecule has 0 bridgehead atoms. The molecule has 15 heavy (non-hydrogen) atoms. The van der Waals surface area contributed by atoms with Crippen LogP contribution in [0.5, 0.6) is 0 Å². The molecule has 1 atom stereocenters. The zero-order valence-corrected chi connectivity index (χ0v) is 9.97. The largest absolute Gasteiger partial charge is 0.382 e. The summed E-state index contributed by atoms with van der Waals surface area (Å²) in [5, 5.41) is 3.46. The third-order valence-electron chi connectivity index (χ3n) is 2.77. The third-order valence-corrected chi connectivity index (χ3v) is 2.77. The normalized spacial score (nSPS) is 12.9. The molecule has 0 saturated heterocycles. The lowest BCUT2D eigenvalue weighted by Crippen LogP contribution is -2.24. The van der Waals surface area contributed by atoms with E-state index in [1.807, 2.05) is 13.0 Å². The highest BCUT2D eigenvalue weighted by Gasteiger charge is 2.11. The van der Waals surface area contributed by atoms with Gasteiger partial charge in [0.15, 0.2) is 0 Å². The number of benzene rings is 1. The van der Waals surface area contributed by atoms with Gasteiger partial charge in [0, 0.05) is 11.7 Å². The predicted octanol–water partition coefficient (Wildman–Crippen LogP) is 3.98. The molecule has 0 aromatic heterocycles. The number of hydrogen-bond acceptors (Lipinski definition) is 1. The van der Waals surface area contributed by atoms with Crippen molar-refractivity contribution in [3.63, 3.8) is 0 Å². The van der Waals surface area contributed by atoms with Gasteiger partial charge in [-0.15, -0.1) is 0 Å². The summed E-state index contributed by atoms with van der Waals surface area (Å²) < 4.78 is 12.9. The van der Waals surface area contributed by atoms with Crippen LogP contribution in [0.3, 0.4) is 0 Å². The fourth-order valence-corrected chi connectivity index (χ4v) is 1.73. The highest BCUT2D eigenvalue weighted by molar-refractivity contribution is 5.51. The third kappa shape index (κ3) is 3.22. The molecule has 2 heteroatoms. The van der Waals surface area contributed by atoms with E-state index in [9.17, 15) is 4.39 Å². The van der Waals surface area contributed by atoms with Crippen molar-refractivity contribution in [1.29, 1.82) is 0 Å². The quantitative estimate of drug-likeness (QED) is 0.791. The Morgan fingerprint density at radius 1 is 1.33 bits per heavy atom. The molecular weight excluding hydrogens is 189 g/mol. The Kier molecular flexibility index (Phi) is 4.13. The first-order valence-electron chi connectivity index (χ1n) is 5.57. The van der Waals surface area contributed by atoms with Crippen LogP contribution in [0.25, 0.3) is 0 Å². The Morgan fingerprint density at radius 3 is 2.47 bits per heavy atom. The van der Waals surface area contributed by atoms with Crippen LogP contribution in [-0.2, 0) is 0 Å². The summed E-state index contributed by atoms with van der Waals surface area (Å²) in [7, 11) is 0. The van der Waals surface area contributed by atoms with Crippen molar-refractivity contribution < 1.29 is 4.39 Å². The molecule has 0 fully saturated rings.